The molecule has 1 unspecified atom stereocenters. The van der Waals surface area contributed by atoms with Crippen LogP contribution in [0.1, 0.15) is 34.1 Å². The van der Waals surface area contributed by atoms with Crippen molar-refractivity contribution in [3.8, 4) is 17.2 Å². The highest BCUT2D eigenvalue weighted by atomic mass is 32.2. The van der Waals surface area contributed by atoms with E-state index < -0.39 is 9.84 Å². The molecule has 162 valence electrons. The van der Waals surface area contributed by atoms with Gasteiger partial charge in [-0.3, -0.25) is 4.79 Å². The molecule has 0 bridgehead atoms. The number of carbonyl (C=O) groups is 1. The van der Waals surface area contributed by atoms with E-state index in [0.717, 1.165) is 22.8 Å². The van der Waals surface area contributed by atoms with Crippen molar-refractivity contribution in [3.63, 3.8) is 0 Å². The summed E-state index contributed by atoms with van der Waals surface area (Å²) in [6, 6.07) is 2.87. The zero-order chi connectivity index (χ0) is 21.5. The van der Waals surface area contributed by atoms with E-state index in [-0.39, 0.29) is 23.5 Å². The zero-order valence-corrected chi connectivity index (χ0v) is 18.6. The number of methoxy groups -OCH3 is 3. The Morgan fingerprint density at radius 1 is 1.17 bits per heavy atom. The van der Waals surface area contributed by atoms with Crippen molar-refractivity contribution in [2.75, 3.05) is 38.2 Å². The molecule has 11 heteroatoms. The topological polar surface area (TPSA) is 109 Å². The maximum atomic E-state index is 13.1. The van der Waals surface area contributed by atoms with E-state index in [1.54, 1.807) is 28.6 Å². The Hall–Kier alpha value is -2.40. The number of thioether (sulfide) groups is 1. The average Bonchev–Trinajstić information content (AvgIpc) is 3.42. The van der Waals surface area contributed by atoms with Crippen molar-refractivity contribution in [2.24, 2.45) is 0 Å². The summed E-state index contributed by atoms with van der Waals surface area (Å²) in [7, 11) is 1.38. The molecule has 2 aromatic rings. The minimum Gasteiger partial charge on any atom is -0.493 e. The van der Waals surface area contributed by atoms with E-state index in [2.05, 4.69) is 10.4 Å². The highest BCUT2D eigenvalue weighted by Crippen LogP contribution is 2.40. The largest absolute Gasteiger partial charge is 0.493 e. The maximum absolute atomic E-state index is 13.1. The van der Waals surface area contributed by atoms with E-state index in [1.807, 2.05) is 0 Å². The van der Waals surface area contributed by atoms with Crippen LogP contribution in [0.25, 0.3) is 0 Å². The van der Waals surface area contributed by atoms with Crippen molar-refractivity contribution in [1.29, 1.82) is 0 Å². The third-order valence-corrected chi connectivity index (χ3v) is 8.01. The highest BCUT2D eigenvalue weighted by Gasteiger charge is 2.34. The van der Waals surface area contributed by atoms with Gasteiger partial charge in [0.1, 0.15) is 5.82 Å². The van der Waals surface area contributed by atoms with Gasteiger partial charge in [0.2, 0.25) is 5.75 Å². The van der Waals surface area contributed by atoms with Crippen LogP contribution in [0, 0.1) is 0 Å². The predicted octanol–water partition coefficient (Wildman–Crippen LogP) is 2.27. The molecule has 1 fully saturated rings. The Bertz CT molecular complexity index is 1070. The lowest BCUT2D eigenvalue weighted by molar-refractivity contribution is 0.102. The zero-order valence-electron chi connectivity index (χ0n) is 16.9. The number of nitrogens with one attached hydrogen (secondary N) is 1. The molecule has 0 spiro atoms. The van der Waals surface area contributed by atoms with Crippen LogP contribution in [0.3, 0.4) is 0 Å². The second kappa shape index (κ2) is 8.03. The van der Waals surface area contributed by atoms with Crippen LogP contribution in [0.15, 0.2) is 12.1 Å². The van der Waals surface area contributed by atoms with E-state index >= 15 is 0 Å². The predicted molar refractivity (Wildman–Crippen MR) is 114 cm³/mol. The molecular formula is C19H23N3O6S2. The van der Waals surface area contributed by atoms with Gasteiger partial charge >= 0.3 is 0 Å². The number of ether oxygens (including phenoxy) is 3. The summed E-state index contributed by atoms with van der Waals surface area (Å²) >= 11 is 1.71. The summed E-state index contributed by atoms with van der Waals surface area (Å²) in [6.45, 7) is 0. The van der Waals surface area contributed by atoms with Gasteiger partial charge in [0, 0.05) is 22.6 Å². The minimum atomic E-state index is -3.08. The molecule has 1 saturated heterocycles. The van der Waals surface area contributed by atoms with Crippen LogP contribution in [0.5, 0.6) is 17.2 Å². The van der Waals surface area contributed by atoms with Crippen LogP contribution in [-0.4, -0.2) is 56.9 Å². The molecule has 1 aromatic carbocycles. The van der Waals surface area contributed by atoms with Crippen molar-refractivity contribution in [3.05, 3.63) is 29.0 Å². The second-order valence-electron chi connectivity index (χ2n) is 7.14. The Balaban J connectivity index is 1.69. The molecule has 1 amide bonds. The molecule has 1 N–H and O–H groups in total. The van der Waals surface area contributed by atoms with Gasteiger partial charge in [-0.1, -0.05) is 0 Å². The van der Waals surface area contributed by atoms with Crippen molar-refractivity contribution >= 4 is 33.3 Å². The Kier molecular flexibility index (Phi) is 5.58. The first-order chi connectivity index (χ1) is 14.4. The fourth-order valence-electron chi connectivity index (χ4n) is 3.79. The lowest BCUT2D eigenvalue weighted by atomic mass is 10.1. The molecule has 9 nitrogen and oxygen atoms in total. The van der Waals surface area contributed by atoms with E-state index in [1.165, 1.54) is 21.3 Å². The third-order valence-electron chi connectivity index (χ3n) is 5.29. The van der Waals surface area contributed by atoms with E-state index in [9.17, 15) is 13.2 Å². The molecule has 3 heterocycles. The number of fused-ring (bicyclic) bond motifs is 1. The fraction of sp³-hybridized carbons (Fsp3) is 0.474. The van der Waals surface area contributed by atoms with Crippen molar-refractivity contribution < 1.29 is 27.4 Å². The fourth-order valence-corrected chi connectivity index (χ4v) is 6.52. The normalized spacial score (nSPS) is 19.4. The summed E-state index contributed by atoms with van der Waals surface area (Å²) in [6.07, 6.45) is 0.489. The number of amides is 1. The van der Waals surface area contributed by atoms with Crippen LogP contribution in [0.4, 0.5) is 5.82 Å². The number of rotatable bonds is 6. The van der Waals surface area contributed by atoms with Crippen LogP contribution in [-0.2, 0) is 21.3 Å². The number of anilines is 1. The number of benzene rings is 1. The summed E-state index contributed by atoms with van der Waals surface area (Å²) in [4.78, 5) is 13.1. The van der Waals surface area contributed by atoms with Gasteiger partial charge in [-0.05, 0) is 18.6 Å². The molecule has 0 aliphatic carbocycles. The molecule has 0 saturated carbocycles. The molecule has 30 heavy (non-hydrogen) atoms. The summed E-state index contributed by atoms with van der Waals surface area (Å²) in [5.41, 5.74) is 2.17. The third kappa shape index (κ3) is 3.71. The smallest absolute Gasteiger partial charge is 0.257 e. The molecular weight excluding hydrogens is 430 g/mol. The first-order valence-corrected chi connectivity index (χ1v) is 12.3. The molecule has 1 atom stereocenters. The van der Waals surface area contributed by atoms with E-state index in [0.29, 0.717) is 35.1 Å². The molecule has 0 radical (unpaired) electrons. The van der Waals surface area contributed by atoms with Gasteiger partial charge in [-0.15, -0.1) is 0 Å². The van der Waals surface area contributed by atoms with Gasteiger partial charge < -0.3 is 19.5 Å². The standard InChI is InChI=1S/C19H23N3O6S2/c1-26-15-6-11(7-16(27-2)17(15)28-3)19(23)20-18-13-8-29-9-14(13)21-22(18)12-4-5-30(24,25)10-12/h6-7,12H,4-5,8-10H2,1-3H3,(H,20,23). The quantitative estimate of drug-likeness (QED) is 0.710. The van der Waals surface area contributed by atoms with Gasteiger partial charge in [-0.2, -0.15) is 16.9 Å². The molecule has 2 aliphatic heterocycles. The van der Waals surface area contributed by atoms with Gasteiger partial charge in [0.25, 0.3) is 5.91 Å². The second-order valence-corrected chi connectivity index (χ2v) is 10.4. The first kappa shape index (κ1) is 20.9. The molecule has 1 aromatic heterocycles. The van der Waals surface area contributed by atoms with Crippen LogP contribution in [0.2, 0.25) is 0 Å². The Labute approximate surface area is 179 Å². The minimum absolute atomic E-state index is 0.0355. The number of hydrogen-bond donors (Lipinski definition) is 1. The first-order valence-electron chi connectivity index (χ1n) is 9.36. The summed E-state index contributed by atoms with van der Waals surface area (Å²) in [5.74, 6) is 2.98. The van der Waals surface area contributed by atoms with Gasteiger partial charge in [0.05, 0.1) is 44.6 Å². The lowest BCUT2D eigenvalue weighted by Gasteiger charge is -2.17. The van der Waals surface area contributed by atoms with Crippen LogP contribution < -0.4 is 19.5 Å². The Morgan fingerprint density at radius 3 is 2.43 bits per heavy atom. The van der Waals surface area contributed by atoms with Crippen molar-refractivity contribution in [1.82, 2.24) is 9.78 Å². The highest BCUT2D eigenvalue weighted by molar-refractivity contribution is 7.98. The van der Waals surface area contributed by atoms with Crippen molar-refractivity contribution in [2.45, 2.75) is 24.0 Å². The number of aromatic nitrogens is 2. The molecule has 4 rings (SSSR count). The summed E-state index contributed by atoms with van der Waals surface area (Å²) in [5, 5.41) is 7.58. The Morgan fingerprint density at radius 2 is 1.87 bits per heavy atom. The maximum Gasteiger partial charge on any atom is 0.257 e. The SMILES string of the molecule is COc1cc(C(=O)Nc2c3c(nn2C2CCS(=O)(=O)C2)CSC3)cc(OC)c1OC. The average molecular weight is 454 g/mol. The number of hydrogen-bond acceptors (Lipinski definition) is 8. The molecule has 2 aliphatic rings. The van der Waals surface area contributed by atoms with Crippen LogP contribution >= 0.6 is 11.8 Å². The lowest BCUT2D eigenvalue weighted by Crippen LogP contribution is -2.20. The monoisotopic (exact) mass is 453 g/mol. The number of sulfone groups is 1. The number of nitrogens with zero attached hydrogens (tertiary/aromatic N) is 2. The van der Waals surface area contributed by atoms with E-state index in [4.69, 9.17) is 14.2 Å². The van der Waals surface area contributed by atoms with Gasteiger partial charge in [0.15, 0.2) is 21.3 Å². The number of carbonyl (C=O) groups excluding carboxylic acids is 1. The summed E-state index contributed by atoms with van der Waals surface area (Å²) < 4.78 is 41.6. The van der Waals surface area contributed by atoms with Gasteiger partial charge in [-0.25, -0.2) is 13.1 Å².